The van der Waals surface area contributed by atoms with Crippen LogP contribution in [0.2, 0.25) is 19.6 Å². The predicted octanol–water partition coefficient (Wildman–Crippen LogP) is 4.12. The normalized spacial score (nSPS) is 12.0. The van der Waals surface area contributed by atoms with Gasteiger partial charge in [0.25, 0.3) is 0 Å². The first-order chi connectivity index (χ1) is 9.83. The fourth-order valence-corrected chi connectivity index (χ4v) is 2.75. The van der Waals surface area contributed by atoms with Crippen molar-refractivity contribution in [1.82, 2.24) is 9.78 Å². The van der Waals surface area contributed by atoms with Gasteiger partial charge in [-0.25, -0.2) is 0 Å². The number of rotatable bonds is 5. The Bertz CT molecular complexity index is 641. The molecule has 0 unspecified atom stereocenters. The summed E-state index contributed by atoms with van der Waals surface area (Å²) in [5.74, 6) is 0.877. The minimum absolute atomic E-state index is 0.661. The molecule has 0 amide bonds. The maximum atomic E-state index is 6.12. The van der Waals surface area contributed by atoms with Crippen LogP contribution >= 0.6 is 0 Å². The minimum Gasteiger partial charge on any atom is -0.543 e. The number of nitrogens with zero attached hydrogens (tertiary/aromatic N) is 3. The second-order valence-electron chi connectivity index (χ2n) is 6.18. The lowest BCUT2D eigenvalue weighted by molar-refractivity contribution is 0.558. The maximum absolute atomic E-state index is 6.12. The lowest BCUT2D eigenvalue weighted by Crippen LogP contribution is -2.29. The number of hydrogen-bond donors (Lipinski definition) is 0. The summed E-state index contributed by atoms with van der Waals surface area (Å²) in [6.45, 7) is 11.2. The van der Waals surface area contributed by atoms with E-state index in [2.05, 4.69) is 48.8 Å². The van der Waals surface area contributed by atoms with Crippen LogP contribution in [0.3, 0.4) is 0 Å². The Labute approximate surface area is 127 Å². The van der Waals surface area contributed by atoms with E-state index in [0.717, 1.165) is 17.1 Å². The molecule has 0 aliphatic rings. The average molecular weight is 301 g/mol. The van der Waals surface area contributed by atoms with E-state index in [1.807, 2.05) is 36.1 Å². The minimum atomic E-state index is -1.64. The highest BCUT2D eigenvalue weighted by Crippen LogP contribution is 2.30. The van der Waals surface area contributed by atoms with Crippen LogP contribution in [0.15, 0.2) is 35.5 Å². The first-order valence-electron chi connectivity index (χ1n) is 7.16. The van der Waals surface area contributed by atoms with Crippen LogP contribution in [-0.4, -0.2) is 24.3 Å². The number of hydrogen-bond acceptors (Lipinski definition) is 3. The van der Waals surface area contributed by atoms with Gasteiger partial charge in [-0.3, -0.25) is 9.67 Å². The molecule has 5 heteroatoms. The Kier molecular flexibility index (Phi) is 4.62. The number of aryl methyl sites for hydroxylation is 2. The molecule has 0 saturated carbocycles. The molecule has 0 aliphatic heterocycles. The van der Waals surface area contributed by atoms with Crippen molar-refractivity contribution >= 4 is 20.2 Å². The highest BCUT2D eigenvalue weighted by Gasteiger charge is 2.18. The molecule has 4 nitrogen and oxygen atoms in total. The van der Waals surface area contributed by atoms with Crippen molar-refractivity contribution < 1.29 is 4.43 Å². The van der Waals surface area contributed by atoms with Gasteiger partial charge in [0.05, 0.1) is 12.2 Å². The standard InChI is InChI=1S/C16H23N3OSi/c1-13-6-7-15(16(12-13)20-21(3,4)5)17-9-11-19-10-8-14(2)18-19/h6-10,12H,11H2,1-5H3. The highest BCUT2D eigenvalue weighted by molar-refractivity contribution is 6.70. The van der Waals surface area contributed by atoms with E-state index in [9.17, 15) is 0 Å². The van der Waals surface area contributed by atoms with Crippen LogP contribution in [0, 0.1) is 13.8 Å². The van der Waals surface area contributed by atoms with E-state index in [0.29, 0.717) is 6.54 Å². The van der Waals surface area contributed by atoms with Crippen molar-refractivity contribution in [2.24, 2.45) is 4.99 Å². The van der Waals surface area contributed by atoms with Crippen molar-refractivity contribution in [3.05, 3.63) is 41.7 Å². The Balaban J connectivity index is 2.15. The molecular weight excluding hydrogens is 278 g/mol. The number of benzene rings is 1. The lowest BCUT2D eigenvalue weighted by Gasteiger charge is -2.20. The molecule has 2 aromatic rings. The molecule has 0 saturated heterocycles. The fourth-order valence-electron chi connectivity index (χ4n) is 1.93. The van der Waals surface area contributed by atoms with Crippen LogP contribution in [-0.2, 0) is 6.54 Å². The Morgan fingerprint density at radius 1 is 1.24 bits per heavy atom. The average Bonchev–Trinajstić information content (AvgIpc) is 2.76. The largest absolute Gasteiger partial charge is 0.543 e. The molecular formula is C16H23N3OSi. The van der Waals surface area contributed by atoms with Gasteiger partial charge in [0.2, 0.25) is 8.32 Å². The van der Waals surface area contributed by atoms with Crippen molar-refractivity contribution in [3.8, 4) is 5.75 Å². The molecule has 1 heterocycles. The molecule has 2 rings (SSSR count). The zero-order valence-corrected chi connectivity index (χ0v) is 14.4. The molecule has 21 heavy (non-hydrogen) atoms. The molecule has 1 aromatic heterocycles. The molecule has 112 valence electrons. The monoisotopic (exact) mass is 301 g/mol. The van der Waals surface area contributed by atoms with E-state index >= 15 is 0 Å². The van der Waals surface area contributed by atoms with Crippen LogP contribution < -0.4 is 4.43 Å². The third-order valence-electron chi connectivity index (χ3n) is 2.80. The molecule has 0 spiro atoms. The number of aromatic nitrogens is 2. The Morgan fingerprint density at radius 2 is 2.00 bits per heavy atom. The summed E-state index contributed by atoms with van der Waals surface area (Å²) >= 11 is 0. The zero-order valence-electron chi connectivity index (χ0n) is 13.4. The van der Waals surface area contributed by atoms with Crippen molar-refractivity contribution in [1.29, 1.82) is 0 Å². The Morgan fingerprint density at radius 3 is 2.62 bits per heavy atom. The van der Waals surface area contributed by atoms with Gasteiger partial charge >= 0.3 is 0 Å². The van der Waals surface area contributed by atoms with Crippen LogP contribution in [0.25, 0.3) is 0 Å². The third-order valence-corrected chi connectivity index (χ3v) is 3.64. The van der Waals surface area contributed by atoms with Gasteiger partial charge in [-0.2, -0.15) is 5.10 Å². The summed E-state index contributed by atoms with van der Waals surface area (Å²) in [5, 5.41) is 4.34. The van der Waals surface area contributed by atoms with E-state index in [-0.39, 0.29) is 0 Å². The third kappa shape index (κ3) is 4.86. The van der Waals surface area contributed by atoms with E-state index < -0.39 is 8.32 Å². The van der Waals surface area contributed by atoms with Gasteiger partial charge in [0, 0.05) is 12.4 Å². The summed E-state index contributed by atoms with van der Waals surface area (Å²) in [7, 11) is -1.64. The van der Waals surface area contributed by atoms with Crippen molar-refractivity contribution in [2.75, 3.05) is 0 Å². The van der Waals surface area contributed by atoms with Crippen molar-refractivity contribution in [3.63, 3.8) is 0 Å². The van der Waals surface area contributed by atoms with Crippen LogP contribution in [0.5, 0.6) is 5.75 Å². The van der Waals surface area contributed by atoms with Crippen LogP contribution in [0.1, 0.15) is 11.3 Å². The highest BCUT2D eigenvalue weighted by atomic mass is 28.4. The second-order valence-corrected chi connectivity index (χ2v) is 10.6. The first-order valence-corrected chi connectivity index (χ1v) is 10.6. The maximum Gasteiger partial charge on any atom is 0.242 e. The number of aliphatic imine (C=N–C) groups is 1. The molecule has 0 fully saturated rings. The van der Waals surface area contributed by atoms with E-state index in [1.165, 1.54) is 5.56 Å². The predicted molar refractivity (Wildman–Crippen MR) is 90.3 cm³/mol. The summed E-state index contributed by atoms with van der Waals surface area (Å²) < 4.78 is 7.99. The summed E-state index contributed by atoms with van der Waals surface area (Å²) in [6.07, 6.45) is 3.82. The smallest absolute Gasteiger partial charge is 0.242 e. The Hall–Kier alpha value is -1.88. The quantitative estimate of drug-likeness (QED) is 0.615. The molecule has 0 atom stereocenters. The van der Waals surface area contributed by atoms with Gasteiger partial charge < -0.3 is 4.43 Å². The van der Waals surface area contributed by atoms with Gasteiger partial charge in [0.15, 0.2) is 0 Å². The fraction of sp³-hybridized carbons (Fsp3) is 0.375. The SMILES string of the molecule is Cc1ccc(N=CCn2ccc(C)n2)c(O[Si](C)(C)C)c1. The molecule has 0 bridgehead atoms. The van der Waals surface area contributed by atoms with Gasteiger partial charge in [0.1, 0.15) is 11.4 Å². The van der Waals surface area contributed by atoms with E-state index in [4.69, 9.17) is 4.43 Å². The molecule has 0 radical (unpaired) electrons. The first kappa shape index (κ1) is 15.5. The summed E-state index contributed by atoms with van der Waals surface area (Å²) in [5.41, 5.74) is 3.08. The topological polar surface area (TPSA) is 39.4 Å². The van der Waals surface area contributed by atoms with Gasteiger partial charge in [-0.15, -0.1) is 0 Å². The lowest BCUT2D eigenvalue weighted by atomic mass is 10.2. The molecule has 0 N–H and O–H groups in total. The summed E-state index contributed by atoms with van der Waals surface area (Å²) in [4.78, 5) is 4.55. The van der Waals surface area contributed by atoms with E-state index in [1.54, 1.807) is 0 Å². The second kappa shape index (κ2) is 6.26. The molecule has 0 aliphatic carbocycles. The molecule has 1 aromatic carbocycles. The summed E-state index contributed by atoms with van der Waals surface area (Å²) in [6, 6.07) is 8.11. The van der Waals surface area contributed by atoms with Gasteiger partial charge in [-0.05, 0) is 57.3 Å². The zero-order chi connectivity index (χ0) is 15.5. The van der Waals surface area contributed by atoms with Crippen molar-refractivity contribution in [2.45, 2.75) is 40.0 Å². The van der Waals surface area contributed by atoms with Gasteiger partial charge in [-0.1, -0.05) is 6.07 Å². The van der Waals surface area contributed by atoms with Crippen LogP contribution in [0.4, 0.5) is 5.69 Å².